The highest BCUT2D eigenvalue weighted by atomic mass is 19.4. The van der Waals surface area contributed by atoms with Gasteiger partial charge in [-0.25, -0.2) is 0 Å². The Hall–Kier alpha value is -1.86. The Balaban J connectivity index is 1.87. The number of aromatic nitrogens is 2. The fourth-order valence-corrected chi connectivity index (χ4v) is 3.38. The summed E-state index contributed by atoms with van der Waals surface area (Å²) < 4.78 is 41.9. The first-order valence-electron chi connectivity index (χ1n) is 8.38. The van der Waals surface area contributed by atoms with Crippen LogP contribution < -0.4 is 0 Å². The van der Waals surface area contributed by atoms with Gasteiger partial charge in [-0.15, -0.1) is 0 Å². The highest BCUT2D eigenvalue weighted by Gasteiger charge is 2.39. The highest BCUT2D eigenvalue weighted by molar-refractivity contribution is 5.33. The minimum absolute atomic E-state index is 0.217. The zero-order valence-corrected chi connectivity index (χ0v) is 14.2. The van der Waals surface area contributed by atoms with Gasteiger partial charge in [0, 0.05) is 31.4 Å². The fourth-order valence-electron chi connectivity index (χ4n) is 3.38. The third-order valence-corrected chi connectivity index (χ3v) is 4.56. The van der Waals surface area contributed by atoms with Gasteiger partial charge in [-0.2, -0.15) is 18.3 Å². The van der Waals surface area contributed by atoms with E-state index in [1.165, 1.54) is 12.1 Å². The van der Waals surface area contributed by atoms with Crippen LogP contribution in [-0.2, 0) is 12.7 Å². The number of likely N-dealkylation sites (tertiary alicyclic amines) is 1. The zero-order valence-electron chi connectivity index (χ0n) is 14.2. The summed E-state index contributed by atoms with van der Waals surface area (Å²) in [6.45, 7) is 4.77. The van der Waals surface area contributed by atoms with E-state index in [0.29, 0.717) is 13.1 Å². The molecule has 0 amide bonds. The first kappa shape index (κ1) is 17.9. The average Bonchev–Trinajstić information content (AvgIpc) is 3.14. The summed E-state index contributed by atoms with van der Waals surface area (Å²) in [6, 6.07) is 7.23. The largest absolute Gasteiger partial charge is 0.416 e. The molecular formula is C18H22F3N3O. The molecule has 2 aromatic rings. The van der Waals surface area contributed by atoms with Gasteiger partial charge in [-0.05, 0) is 38.0 Å². The Morgan fingerprint density at radius 3 is 2.60 bits per heavy atom. The maximum atomic E-state index is 13.3. The summed E-state index contributed by atoms with van der Waals surface area (Å²) in [5.41, 5.74) is 0.374. The van der Waals surface area contributed by atoms with Crippen LogP contribution >= 0.6 is 0 Å². The maximum absolute atomic E-state index is 13.3. The van der Waals surface area contributed by atoms with Crippen molar-refractivity contribution in [2.45, 2.75) is 51.2 Å². The van der Waals surface area contributed by atoms with E-state index in [2.05, 4.69) is 5.10 Å². The van der Waals surface area contributed by atoms with Crippen molar-refractivity contribution in [2.24, 2.45) is 0 Å². The molecule has 1 aromatic heterocycles. The molecule has 4 nitrogen and oxygen atoms in total. The maximum Gasteiger partial charge on any atom is 0.416 e. The minimum atomic E-state index is -4.41. The molecule has 1 aliphatic rings. The Bertz CT molecular complexity index is 726. The fraction of sp³-hybridized carbons (Fsp3) is 0.500. The van der Waals surface area contributed by atoms with Crippen molar-refractivity contribution in [1.82, 2.24) is 14.7 Å². The van der Waals surface area contributed by atoms with Crippen LogP contribution in [0.1, 0.15) is 49.2 Å². The van der Waals surface area contributed by atoms with Gasteiger partial charge < -0.3 is 5.11 Å². The number of benzene rings is 1. The molecular weight excluding hydrogens is 331 g/mol. The van der Waals surface area contributed by atoms with Crippen LogP contribution in [-0.4, -0.2) is 32.4 Å². The molecule has 1 fully saturated rings. The van der Waals surface area contributed by atoms with Crippen molar-refractivity contribution >= 4 is 0 Å². The van der Waals surface area contributed by atoms with Crippen molar-refractivity contribution in [3.05, 3.63) is 53.3 Å². The standard InChI is InChI=1S/C18H22F3N3O/c1-12(2)24-8-7-13(22-24)10-23-11-14(25)9-17(23)15-5-3-4-6-16(15)18(19,20)21/h3-8,12,14,17,25H,9-11H2,1-2H3/t14-,17+/m0/s1. The van der Waals surface area contributed by atoms with Crippen LogP contribution in [0.5, 0.6) is 0 Å². The monoisotopic (exact) mass is 353 g/mol. The molecule has 25 heavy (non-hydrogen) atoms. The van der Waals surface area contributed by atoms with Crippen LogP contribution in [0.3, 0.4) is 0 Å². The molecule has 1 saturated heterocycles. The second-order valence-corrected chi connectivity index (χ2v) is 6.80. The van der Waals surface area contributed by atoms with Crippen molar-refractivity contribution in [2.75, 3.05) is 6.54 Å². The van der Waals surface area contributed by atoms with Gasteiger partial charge in [0.2, 0.25) is 0 Å². The number of β-amino-alcohol motifs (C(OH)–C–C–N with tert-alkyl or cyclic N) is 1. The predicted molar refractivity (Wildman–Crippen MR) is 87.8 cm³/mol. The summed E-state index contributed by atoms with van der Waals surface area (Å²) >= 11 is 0. The number of alkyl halides is 3. The topological polar surface area (TPSA) is 41.3 Å². The summed E-state index contributed by atoms with van der Waals surface area (Å²) in [5, 5.41) is 14.5. The summed E-state index contributed by atoms with van der Waals surface area (Å²) in [4.78, 5) is 1.88. The third kappa shape index (κ3) is 3.88. The summed E-state index contributed by atoms with van der Waals surface area (Å²) in [5.74, 6) is 0. The van der Waals surface area contributed by atoms with Gasteiger partial charge in [0.05, 0.1) is 17.4 Å². The highest BCUT2D eigenvalue weighted by Crippen LogP contribution is 2.40. The molecule has 136 valence electrons. The first-order chi connectivity index (χ1) is 11.8. The van der Waals surface area contributed by atoms with E-state index in [0.717, 1.165) is 11.8 Å². The Morgan fingerprint density at radius 2 is 1.96 bits per heavy atom. The van der Waals surface area contributed by atoms with Crippen molar-refractivity contribution in [3.63, 3.8) is 0 Å². The Kier molecular flexibility index (Phi) is 4.88. The van der Waals surface area contributed by atoms with Crippen molar-refractivity contribution in [3.8, 4) is 0 Å². The van der Waals surface area contributed by atoms with Gasteiger partial charge in [0.25, 0.3) is 0 Å². The Morgan fingerprint density at radius 1 is 1.24 bits per heavy atom. The van der Waals surface area contributed by atoms with Gasteiger partial charge in [-0.1, -0.05) is 18.2 Å². The quantitative estimate of drug-likeness (QED) is 0.909. The van der Waals surface area contributed by atoms with Gasteiger partial charge in [-0.3, -0.25) is 9.58 Å². The molecule has 2 atom stereocenters. The molecule has 1 aliphatic heterocycles. The van der Waals surface area contributed by atoms with Crippen LogP contribution in [0, 0.1) is 0 Å². The number of hydrogen-bond donors (Lipinski definition) is 1. The van der Waals surface area contributed by atoms with E-state index >= 15 is 0 Å². The van der Waals surface area contributed by atoms with Crippen molar-refractivity contribution in [1.29, 1.82) is 0 Å². The molecule has 3 rings (SSSR count). The lowest BCUT2D eigenvalue weighted by molar-refractivity contribution is -0.138. The van der Waals surface area contributed by atoms with Gasteiger partial charge in [0.1, 0.15) is 0 Å². The molecule has 1 N–H and O–H groups in total. The van der Waals surface area contributed by atoms with Crippen LogP contribution in [0.25, 0.3) is 0 Å². The number of nitrogens with zero attached hydrogens (tertiary/aromatic N) is 3. The Labute approximate surface area is 144 Å². The SMILES string of the molecule is CC(C)n1ccc(CN2C[C@@H](O)C[C@@H]2c2ccccc2C(F)(F)F)n1. The lowest BCUT2D eigenvalue weighted by Crippen LogP contribution is -2.26. The zero-order chi connectivity index (χ0) is 18.2. The van der Waals surface area contributed by atoms with E-state index in [1.54, 1.807) is 6.07 Å². The lowest BCUT2D eigenvalue weighted by Gasteiger charge is -2.26. The molecule has 0 spiro atoms. The molecule has 0 unspecified atom stereocenters. The van der Waals surface area contributed by atoms with E-state index in [4.69, 9.17) is 0 Å². The molecule has 0 saturated carbocycles. The van der Waals surface area contributed by atoms with E-state index in [1.807, 2.05) is 35.7 Å². The first-order valence-corrected chi connectivity index (χ1v) is 8.38. The second-order valence-electron chi connectivity index (χ2n) is 6.80. The summed E-state index contributed by atoms with van der Waals surface area (Å²) in [7, 11) is 0. The second kappa shape index (κ2) is 6.80. The normalized spacial score (nSPS) is 22.0. The number of hydrogen-bond acceptors (Lipinski definition) is 3. The predicted octanol–water partition coefficient (Wildman–Crippen LogP) is 3.79. The van der Waals surface area contributed by atoms with Crippen molar-refractivity contribution < 1.29 is 18.3 Å². The smallest absolute Gasteiger partial charge is 0.392 e. The molecule has 0 aliphatic carbocycles. The van der Waals surface area contributed by atoms with Gasteiger partial charge in [0.15, 0.2) is 0 Å². The lowest BCUT2D eigenvalue weighted by atomic mass is 9.97. The molecule has 2 heterocycles. The summed E-state index contributed by atoms with van der Waals surface area (Å²) in [6.07, 6.45) is -2.89. The minimum Gasteiger partial charge on any atom is -0.392 e. The van der Waals surface area contributed by atoms with E-state index in [-0.39, 0.29) is 18.0 Å². The molecule has 0 radical (unpaired) electrons. The van der Waals surface area contributed by atoms with Crippen LogP contribution in [0.4, 0.5) is 13.2 Å². The van der Waals surface area contributed by atoms with Crippen LogP contribution in [0.15, 0.2) is 36.5 Å². The van der Waals surface area contributed by atoms with Crippen LogP contribution in [0.2, 0.25) is 0 Å². The molecule has 7 heteroatoms. The number of aliphatic hydroxyl groups excluding tert-OH is 1. The number of rotatable bonds is 4. The molecule has 1 aromatic carbocycles. The number of halogens is 3. The molecule has 0 bridgehead atoms. The third-order valence-electron chi connectivity index (χ3n) is 4.56. The van der Waals surface area contributed by atoms with E-state index < -0.39 is 23.9 Å². The average molecular weight is 353 g/mol. The number of aliphatic hydroxyl groups is 1. The van der Waals surface area contributed by atoms with Gasteiger partial charge >= 0.3 is 6.18 Å². The van der Waals surface area contributed by atoms with E-state index in [9.17, 15) is 18.3 Å².